The molecule has 0 rings (SSSR count). The van der Waals surface area contributed by atoms with Gasteiger partial charge in [-0.2, -0.15) is 0 Å². The molecule has 0 N–H and O–H groups in total. The van der Waals surface area contributed by atoms with E-state index in [1.807, 2.05) is 0 Å². The lowest BCUT2D eigenvalue weighted by Crippen LogP contribution is -2.37. The van der Waals surface area contributed by atoms with Crippen LogP contribution in [0.15, 0.2) is 12.2 Å². The summed E-state index contributed by atoms with van der Waals surface area (Å²) >= 11 is 0. The third-order valence-corrected chi connectivity index (χ3v) is 4.39. The first kappa shape index (κ1) is 22.7. The fourth-order valence-electron chi connectivity index (χ4n) is 2.58. The van der Waals surface area contributed by atoms with Gasteiger partial charge in [0.2, 0.25) is 0 Å². The van der Waals surface area contributed by atoms with Gasteiger partial charge in [0.25, 0.3) is 0 Å². The van der Waals surface area contributed by atoms with Gasteiger partial charge in [0.1, 0.15) is 0 Å². The second kappa shape index (κ2) is 14.1. The zero-order chi connectivity index (χ0) is 18.3. The largest absolute Gasteiger partial charge is 0.550 e. The number of allylic oxidation sites excluding steroid dienone is 2. The topological polar surface area (TPSA) is 80.3 Å². The van der Waals surface area contributed by atoms with Gasteiger partial charge in [-0.25, -0.2) is 0 Å². The van der Waals surface area contributed by atoms with Crippen LogP contribution < -0.4 is 10.2 Å². The lowest BCUT2D eigenvalue weighted by Gasteiger charge is -2.25. The quantitative estimate of drug-likeness (QED) is 0.320. The van der Waals surface area contributed by atoms with Crippen molar-refractivity contribution in [2.45, 2.75) is 97.3 Å². The van der Waals surface area contributed by atoms with Gasteiger partial charge < -0.3 is 19.8 Å². The fraction of sp³-hybridized carbons (Fsp3) is 0.800. The summed E-state index contributed by atoms with van der Waals surface area (Å²) < 4.78 is 0. The van der Waals surface area contributed by atoms with Gasteiger partial charge in [-0.05, 0) is 44.9 Å². The Kier molecular flexibility index (Phi) is 13.3. The minimum absolute atomic E-state index is 0.185. The van der Waals surface area contributed by atoms with E-state index in [0.717, 1.165) is 64.2 Å². The molecule has 0 aliphatic heterocycles. The Morgan fingerprint density at radius 2 is 1.21 bits per heavy atom. The summed E-state index contributed by atoms with van der Waals surface area (Å²) in [5.41, 5.74) is -0.704. The average Bonchev–Trinajstić information content (AvgIpc) is 2.50. The first-order valence-electron chi connectivity index (χ1n) is 9.42. The molecular formula is C20H34O4-2. The predicted octanol–water partition coefficient (Wildman–Crippen LogP) is 3.14. The molecule has 0 saturated heterocycles. The number of carboxylic acid groups (broad SMARTS) is 2. The molecule has 0 heterocycles. The number of carboxylic acids is 2. The van der Waals surface area contributed by atoms with E-state index in [9.17, 15) is 19.8 Å². The summed E-state index contributed by atoms with van der Waals surface area (Å²) in [6.07, 6.45) is 17.0. The number of carbonyl (C=O) groups excluding carboxylic acids is 2. The molecule has 0 atom stereocenters. The average molecular weight is 338 g/mol. The van der Waals surface area contributed by atoms with E-state index in [1.165, 1.54) is 6.42 Å². The SMILES string of the molecule is CC(C)(CCCCCC/C=C/CCCCCCCC(=O)[O-])C(=O)[O-]. The molecule has 0 aromatic carbocycles. The first-order valence-corrected chi connectivity index (χ1v) is 9.42. The molecule has 0 bridgehead atoms. The Morgan fingerprint density at radius 1 is 0.750 bits per heavy atom. The normalized spacial score (nSPS) is 11.9. The Balaban J connectivity index is 3.30. The van der Waals surface area contributed by atoms with E-state index in [-0.39, 0.29) is 6.42 Å². The highest BCUT2D eigenvalue weighted by Gasteiger charge is 2.18. The molecule has 0 radical (unpaired) electrons. The molecule has 0 aromatic rings. The molecule has 140 valence electrons. The second-order valence-electron chi connectivity index (χ2n) is 7.27. The molecule has 0 unspecified atom stereocenters. The molecule has 0 spiro atoms. The van der Waals surface area contributed by atoms with E-state index in [2.05, 4.69) is 12.2 Å². The maximum atomic E-state index is 10.9. The van der Waals surface area contributed by atoms with Gasteiger partial charge in [-0.3, -0.25) is 0 Å². The summed E-state index contributed by atoms with van der Waals surface area (Å²) in [6, 6.07) is 0. The van der Waals surface area contributed by atoms with E-state index in [0.29, 0.717) is 6.42 Å². The molecule has 0 aromatic heterocycles. The second-order valence-corrected chi connectivity index (χ2v) is 7.27. The number of hydrogen-bond donors (Lipinski definition) is 0. The maximum Gasteiger partial charge on any atom is 0.0470 e. The van der Waals surface area contributed by atoms with Crippen LogP contribution in [0.4, 0.5) is 0 Å². The first-order chi connectivity index (χ1) is 11.4. The highest BCUT2D eigenvalue weighted by atomic mass is 16.4. The smallest absolute Gasteiger partial charge is 0.0470 e. The summed E-state index contributed by atoms with van der Waals surface area (Å²) in [5.74, 6) is -1.90. The van der Waals surface area contributed by atoms with Crippen molar-refractivity contribution in [1.29, 1.82) is 0 Å². The molecular weight excluding hydrogens is 304 g/mol. The van der Waals surface area contributed by atoms with E-state index < -0.39 is 17.4 Å². The standard InChI is InChI=1S/C20H36O4/c1-20(2,19(23)24)17-15-13-11-9-7-5-3-4-6-8-10-12-14-16-18(21)22/h3,5H,4,6-17H2,1-2H3,(H,21,22)(H,23,24)/p-2/b5-3+. The van der Waals surface area contributed by atoms with Gasteiger partial charge in [-0.1, -0.05) is 64.5 Å². The van der Waals surface area contributed by atoms with Gasteiger partial charge in [0.05, 0.1) is 0 Å². The van der Waals surface area contributed by atoms with Crippen molar-refractivity contribution >= 4 is 11.9 Å². The van der Waals surface area contributed by atoms with Crippen molar-refractivity contribution in [3.05, 3.63) is 12.2 Å². The van der Waals surface area contributed by atoms with E-state index in [1.54, 1.807) is 13.8 Å². The van der Waals surface area contributed by atoms with Crippen LogP contribution in [0.3, 0.4) is 0 Å². The van der Waals surface area contributed by atoms with E-state index in [4.69, 9.17) is 0 Å². The van der Waals surface area contributed by atoms with Gasteiger partial charge >= 0.3 is 0 Å². The maximum absolute atomic E-state index is 10.9. The van der Waals surface area contributed by atoms with Crippen LogP contribution in [0.25, 0.3) is 0 Å². The molecule has 4 nitrogen and oxygen atoms in total. The van der Waals surface area contributed by atoms with Crippen molar-refractivity contribution in [3.63, 3.8) is 0 Å². The molecule has 0 aliphatic carbocycles. The number of carbonyl (C=O) groups is 2. The van der Waals surface area contributed by atoms with Crippen LogP contribution in [0.5, 0.6) is 0 Å². The van der Waals surface area contributed by atoms with Crippen LogP contribution in [-0.2, 0) is 9.59 Å². The summed E-state index contributed by atoms with van der Waals surface area (Å²) in [4.78, 5) is 21.1. The Labute approximate surface area is 147 Å². The highest BCUT2D eigenvalue weighted by molar-refractivity contribution is 5.71. The number of aliphatic carboxylic acids is 2. The Morgan fingerprint density at radius 3 is 1.71 bits per heavy atom. The third-order valence-electron chi connectivity index (χ3n) is 4.39. The third kappa shape index (κ3) is 14.3. The number of rotatable bonds is 16. The Hall–Kier alpha value is -1.32. The molecule has 24 heavy (non-hydrogen) atoms. The zero-order valence-corrected chi connectivity index (χ0v) is 15.5. The van der Waals surface area contributed by atoms with Crippen molar-refractivity contribution in [2.24, 2.45) is 5.41 Å². The van der Waals surface area contributed by atoms with E-state index >= 15 is 0 Å². The van der Waals surface area contributed by atoms with Gasteiger partial charge in [0.15, 0.2) is 0 Å². The van der Waals surface area contributed by atoms with Crippen molar-refractivity contribution in [3.8, 4) is 0 Å². The molecule has 0 amide bonds. The highest BCUT2D eigenvalue weighted by Crippen LogP contribution is 2.23. The molecule has 0 saturated carbocycles. The van der Waals surface area contributed by atoms with Crippen molar-refractivity contribution in [2.75, 3.05) is 0 Å². The number of unbranched alkanes of at least 4 members (excludes halogenated alkanes) is 9. The summed E-state index contributed by atoms with van der Waals surface area (Å²) in [6.45, 7) is 3.46. The fourth-order valence-corrected chi connectivity index (χ4v) is 2.58. The predicted molar refractivity (Wildman–Crippen MR) is 93.0 cm³/mol. The minimum atomic E-state index is -0.954. The van der Waals surface area contributed by atoms with Crippen LogP contribution in [0.2, 0.25) is 0 Å². The Bertz CT molecular complexity index is 372. The van der Waals surface area contributed by atoms with Crippen LogP contribution in [0.1, 0.15) is 97.3 Å². The van der Waals surface area contributed by atoms with Crippen LogP contribution in [-0.4, -0.2) is 11.9 Å². The van der Waals surface area contributed by atoms with Crippen molar-refractivity contribution in [1.82, 2.24) is 0 Å². The van der Waals surface area contributed by atoms with Gasteiger partial charge in [-0.15, -0.1) is 0 Å². The molecule has 4 heteroatoms. The molecule has 0 aliphatic rings. The van der Waals surface area contributed by atoms with Gasteiger partial charge in [0, 0.05) is 17.4 Å². The summed E-state index contributed by atoms with van der Waals surface area (Å²) in [5, 5.41) is 21.1. The monoisotopic (exact) mass is 338 g/mol. The lowest BCUT2D eigenvalue weighted by atomic mass is 9.87. The van der Waals surface area contributed by atoms with Crippen LogP contribution >= 0.6 is 0 Å². The van der Waals surface area contributed by atoms with Crippen LogP contribution in [0, 0.1) is 5.41 Å². The lowest BCUT2D eigenvalue weighted by molar-refractivity contribution is -0.318. The minimum Gasteiger partial charge on any atom is -0.550 e. The molecule has 0 fully saturated rings. The van der Waals surface area contributed by atoms with Crippen molar-refractivity contribution < 1.29 is 19.8 Å². The summed E-state index contributed by atoms with van der Waals surface area (Å²) in [7, 11) is 0. The number of hydrogen-bond acceptors (Lipinski definition) is 4. The zero-order valence-electron chi connectivity index (χ0n) is 15.5.